The van der Waals surface area contributed by atoms with E-state index in [2.05, 4.69) is 15.9 Å². The largest absolute Gasteiger partial charge is 0.373 e. The number of nitrogens with two attached hydrogens (primary N) is 1. The molecule has 2 N–H and O–H groups in total. The number of hydrogen-bond donors (Lipinski definition) is 1. The van der Waals surface area contributed by atoms with E-state index in [-0.39, 0.29) is 11.9 Å². The Kier molecular flexibility index (Phi) is 3.95. The summed E-state index contributed by atoms with van der Waals surface area (Å²) in [5, 5.41) is 0. The van der Waals surface area contributed by atoms with Crippen LogP contribution in [0.15, 0.2) is 22.7 Å². The molecule has 88 valence electrons. The van der Waals surface area contributed by atoms with Crippen molar-refractivity contribution in [3.8, 4) is 0 Å². The van der Waals surface area contributed by atoms with E-state index in [9.17, 15) is 4.39 Å². The molecule has 0 aliphatic carbocycles. The third-order valence-electron chi connectivity index (χ3n) is 3.02. The summed E-state index contributed by atoms with van der Waals surface area (Å²) in [6.07, 6.45) is 2.04. The number of rotatable bonds is 2. The van der Waals surface area contributed by atoms with E-state index in [0.29, 0.717) is 16.9 Å². The lowest BCUT2D eigenvalue weighted by molar-refractivity contribution is -0.0253. The zero-order valence-corrected chi connectivity index (χ0v) is 10.5. The van der Waals surface area contributed by atoms with Crippen LogP contribution in [0.4, 0.5) is 4.39 Å². The topological polar surface area (TPSA) is 35.2 Å². The normalized spacial score (nSPS) is 25.7. The van der Waals surface area contributed by atoms with E-state index < -0.39 is 0 Å². The number of halogens is 2. The van der Waals surface area contributed by atoms with Crippen LogP contribution in [0.2, 0.25) is 0 Å². The van der Waals surface area contributed by atoms with E-state index in [1.807, 2.05) is 6.07 Å². The van der Waals surface area contributed by atoms with Gasteiger partial charge in [0, 0.05) is 12.5 Å². The predicted octanol–water partition coefficient (Wildman–Crippen LogP) is 3.01. The quantitative estimate of drug-likeness (QED) is 0.908. The summed E-state index contributed by atoms with van der Waals surface area (Å²) in [5.74, 6) is 0.0526. The van der Waals surface area contributed by atoms with Gasteiger partial charge < -0.3 is 10.5 Å². The molecule has 1 aliphatic heterocycles. The fraction of sp³-hybridized carbons (Fsp3) is 0.500. The van der Waals surface area contributed by atoms with Crippen LogP contribution in [0.5, 0.6) is 0 Å². The lowest BCUT2D eigenvalue weighted by Gasteiger charge is -2.31. The standard InChI is InChI=1S/C12H15BrFNO/c13-10-4-3-8(6-11(10)14)12-9(7-15)2-1-5-16-12/h3-4,6,9,12H,1-2,5,7,15H2. The van der Waals surface area contributed by atoms with Crippen LogP contribution in [-0.4, -0.2) is 13.2 Å². The van der Waals surface area contributed by atoms with Crippen LogP contribution in [0.25, 0.3) is 0 Å². The van der Waals surface area contributed by atoms with Gasteiger partial charge in [-0.3, -0.25) is 0 Å². The van der Waals surface area contributed by atoms with Crippen LogP contribution < -0.4 is 5.73 Å². The van der Waals surface area contributed by atoms with E-state index in [1.165, 1.54) is 6.07 Å². The van der Waals surface area contributed by atoms with Crippen molar-refractivity contribution in [3.63, 3.8) is 0 Å². The maximum atomic E-state index is 13.4. The van der Waals surface area contributed by atoms with Crippen molar-refractivity contribution < 1.29 is 9.13 Å². The molecule has 0 bridgehead atoms. The first kappa shape index (κ1) is 12.0. The molecule has 1 aromatic carbocycles. The minimum atomic E-state index is -0.248. The average Bonchev–Trinajstić information content (AvgIpc) is 2.32. The Balaban J connectivity index is 2.23. The van der Waals surface area contributed by atoms with Crippen molar-refractivity contribution in [2.24, 2.45) is 11.7 Å². The van der Waals surface area contributed by atoms with Crippen LogP contribution >= 0.6 is 15.9 Å². The van der Waals surface area contributed by atoms with E-state index in [0.717, 1.165) is 25.0 Å². The number of benzene rings is 1. The van der Waals surface area contributed by atoms with Gasteiger partial charge in [0.2, 0.25) is 0 Å². The van der Waals surface area contributed by atoms with Gasteiger partial charge in [-0.05, 0) is 53.0 Å². The first-order chi connectivity index (χ1) is 7.72. The third kappa shape index (κ3) is 2.44. The molecule has 16 heavy (non-hydrogen) atoms. The summed E-state index contributed by atoms with van der Waals surface area (Å²) in [5.41, 5.74) is 6.60. The Morgan fingerprint density at radius 2 is 2.31 bits per heavy atom. The van der Waals surface area contributed by atoms with Crippen LogP contribution in [-0.2, 0) is 4.74 Å². The second-order valence-corrected chi connectivity index (χ2v) is 4.96. The SMILES string of the molecule is NCC1CCCOC1c1ccc(Br)c(F)c1. The van der Waals surface area contributed by atoms with Crippen molar-refractivity contribution in [1.82, 2.24) is 0 Å². The summed E-state index contributed by atoms with van der Waals surface area (Å²) in [7, 11) is 0. The molecule has 1 saturated heterocycles. The number of ether oxygens (including phenoxy) is 1. The summed E-state index contributed by atoms with van der Waals surface area (Å²) >= 11 is 3.15. The Morgan fingerprint density at radius 1 is 1.50 bits per heavy atom. The van der Waals surface area contributed by atoms with Crippen LogP contribution in [0, 0.1) is 11.7 Å². The highest BCUT2D eigenvalue weighted by Gasteiger charge is 2.26. The van der Waals surface area contributed by atoms with Crippen molar-refractivity contribution >= 4 is 15.9 Å². The number of hydrogen-bond acceptors (Lipinski definition) is 2. The monoisotopic (exact) mass is 287 g/mol. The van der Waals surface area contributed by atoms with Gasteiger partial charge in [0.25, 0.3) is 0 Å². The molecule has 1 fully saturated rings. The molecule has 0 spiro atoms. The summed E-state index contributed by atoms with van der Waals surface area (Å²) in [6, 6.07) is 5.14. The molecule has 0 radical (unpaired) electrons. The molecule has 2 atom stereocenters. The molecule has 4 heteroatoms. The molecule has 2 nitrogen and oxygen atoms in total. The first-order valence-electron chi connectivity index (χ1n) is 5.49. The zero-order chi connectivity index (χ0) is 11.5. The molecule has 0 amide bonds. The first-order valence-corrected chi connectivity index (χ1v) is 6.28. The van der Waals surface area contributed by atoms with Crippen molar-refractivity contribution in [3.05, 3.63) is 34.1 Å². The van der Waals surface area contributed by atoms with Gasteiger partial charge >= 0.3 is 0 Å². The fourth-order valence-corrected chi connectivity index (χ4v) is 2.39. The van der Waals surface area contributed by atoms with Crippen LogP contribution in [0.3, 0.4) is 0 Å². The minimum absolute atomic E-state index is 0.0543. The van der Waals surface area contributed by atoms with Crippen molar-refractivity contribution in [2.45, 2.75) is 18.9 Å². The lowest BCUT2D eigenvalue weighted by Crippen LogP contribution is -2.28. The Hall–Kier alpha value is -0.450. The highest BCUT2D eigenvalue weighted by atomic mass is 79.9. The predicted molar refractivity (Wildman–Crippen MR) is 64.6 cm³/mol. The summed E-state index contributed by atoms with van der Waals surface area (Å²) in [6.45, 7) is 1.32. The molecule has 0 aromatic heterocycles. The molecular formula is C12H15BrFNO. The summed E-state index contributed by atoms with van der Waals surface area (Å²) < 4.78 is 19.6. The average molecular weight is 288 g/mol. The highest BCUT2D eigenvalue weighted by molar-refractivity contribution is 9.10. The second-order valence-electron chi connectivity index (χ2n) is 4.10. The van der Waals surface area contributed by atoms with E-state index in [1.54, 1.807) is 6.07 Å². The molecule has 1 aliphatic rings. The summed E-state index contributed by atoms with van der Waals surface area (Å²) in [4.78, 5) is 0. The van der Waals surface area contributed by atoms with Gasteiger partial charge in [-0.2, -0.15) is 0 Å². The smallest absolute Gasteiger partial charge is 0.137 e. The Labute approximate surface area is 103 Å². The molecular weight excluding hydrogens is 273 g/mol. The van der Waals surface area contributed by atoms with Gasteiger partial charge in [0.05, 0.1) is 10.6 Å². The van der Waals surface area contributed by atoms with Gasteiger partial charge in [0.1, 0.15) is 5.82 Å². The van der Waals surface area contributed by atoms with Gasteiger partial charge in [0.15, 0.2) is 0 Å². The van der Waals surface area contributed by atoms with Crippen molar-refractivity contribution in [2.75, 3.05) is 13.2 Å². The van der Waals surface area contributed by atoms with Gasteiger partial charge in [-0.15, -0.1) is 0 Å². The zero-order valence-electron chi connectivity index (χ0n) is 8.96. The third-order valence-corrected chi connectivity index (χ3v) is 3.66. The lowest BCUT2D eigenvalue weighted by atomic mass is 9.89. The van der Waals surface area contributed by atoms with Gasteiger partial charge in [-0.25, -0.2) is 4.39 Å². The molecule has 1 aromatic rings. The van der Waals surface area contributed by atoms with Gasteiger partial charge in [-0.1, -0.05) is 6.07 Å². The maximum absolute atomic E-state index is 13.4. The Bertz CT molecular complexity index is 372. The fourth-order valence-electron chi connectivity index (χ4n) is 2.14. The van der Waals surface area contributed by atoms with Crippen molar-refractivity contribution in [1.29, 1.82) is 0 Å². The highest BCUT2D eigenvalue weighted by Crippen LogP contribution is 2.34. The maximum Gasteiger partial charge on any atom is 0.137 e. The molecule has 2 rings (SSSR count). The molecule has 0 saturated carbocycles. The van der Waals surface area contributed by atoms with Crippen LogP contribution in [0.1, 0.15) is 24.5 Å². The van der Waals surface area contributed by atoms with E-state index >= 15 is 0 Å². The second kappa shape index (κ2) is 5.25. The molecule has 2 unspecified atom stereocenters. The molecule has 1 heterocycles. The van der Waals surface area contributed by atoms with E-state index in [4.69, 9.17) is 10.5 Å². The minimum Gasteiger partial charge on any atom is -0.373 e. The Morgan fingerprint density at radius 3 is 3.00 bits per heavy atom.